The number of nitrogens with zero attached hydrogens (tertiary/aromatic N) is 1. The summed E-state index contributed by atoms with van der Waals surface area (Å²) in [5.74, 6) is 1.12. The predicted molar refractivity (Wildman–Crippen MR) is 162 cm³/mol. The first kappa shape index (κ1) is 30.4. The van der Waals surface area contributed by atoms with Crippen molar-refractivity contribution in [3.05, 3.63) is 70.1 Å². The Labute approximate surface area is 245 Å². The third kappa shape index (κ3) is 6.64. The van der Waals surface area contributed by atoms with Crippen LogP contribution in [0, 0.1) is 5.92 Å². The zero-order valence-electron chi connectivity index (χ0n) is 24.9. The number of aromatic nitrogens is 1. The Morgan fingerprint density at radius 1 is 1.05 bits per heavy atom. The first-order valence-electron chi connectivity index (χ1n) is 13.9. The number of fused-ring (bicyclic) bond motifs is 3. The first-order chi connectivity index (χ1) is 20.2. The highest BCUT2D eigenvalue weighted by molar-refractivity contribution is 5.96. The normalized spacial score (nSPS) is 14.5. The minimum atomic E-state index is -0.683. The number of hydrogen-bond acceptors (Lipinski definition) is 8. The molecule has 0 saturated heterocycles. The maximum absolute atomic E-state index is 13.7. The van der Waals surface area contributed by atoms with E-state index in [1.807, 2.05) is 26.0 Å². The van der Waals surface area contributed by atoms with Crippen LogP contribution >= 0.6 is 0 Å². The molecule has 2 atom stereocenters. The quantitative estimate of drug-likeness (QED) is 0.317. The lowest BCUT2D eigenvalue weighted by Crippen LogP contribution is -2.37. The molecule has 0 bridgehead atoms. The van der Waals surface area contributed by atoms with Gasteiger partial charge in [0.25, 0.3) is 0 Å². The molecule has 4 rings (SSSR count). The Hall–Kier alpha value is -4.60. The molecule has 0 spiro atoms. The Morgan fingerprint density at radius 3 is 2.43 bits per heavy atom. The molecule has 1 heterocycles. The molecule has 2 amide bonds. The summed E-state index contributed by atoms with van der Waals surface area (Å²) in [4.78, 5) is 43.3. The first-order valence-corrected chi connectivity index (χ1v) is 13.9. The van der Waals surface area contributed by atoms with Crippen molar-refractivity contribution < 1.29 is 23.8 Å². The van der Waals surface area contributed by atoms with E-state index in [1.54, 1.807) is 51.9 Å². The average molecular weight is 575 g/mol. The number of methoxy groups -OCH3 is 3. The number of rotatable bonds is 10. The third-order valence-electron chi connectivity index (χ3n) is 7.20. The number of nitrogens with one attached hydrogen (secondary N) is 3. The van der Waals surface area contributed by atoms with Crippen molar-refractivity contribution in [2.75, 3.05) is 32.0 Å². The van der Waals surface area contributed by atoms with Gasteiger partial charge in [-0.1, -0.05) is 19.9 Å². The molecule has 3 N–H and O–H groups in total. The van der Waals surface area contributed by atoms with E-state index in [-0.39, 0.29) is 28.8 Å². The standard InChI is InChI=1S/C32H38N4O6/c1-18(2)14-26(32(39)35-21-8-7-13-33-17-21)36-25-12-10-22-23(16-27(25)38)24(34-19(3)37)11-9-20-15-28(40-4)30(41-5)31(42-6)29(20)22/h7-8,10,12-13,15-18,24,26H,9,11,14H2,1-6H3,(H,34,37)(H,35,39)(H,36,38). The average Bonchev–Trinajstić information content (AvgIpc) is 3.20. The number of carbonyl (C=O) groups is 2. The molecule has 10 nitrogen and oxygen atoms in total. The van der Waals surface area contributed by atoms with Crippen LogP contribution < -0.4 is 35.6 Å². The van der Waals surface area contributed by atoms with E-state index in [0.29, 0.717) is 53.3 Å². The lowest BCUT2D eigenvalue weighted by molar-refractivity contribution is -0.120. The second-order valence-corrected chi connectivity index (χ2v) is 10.7. The van der Waals surface area contributed by atoms with Crippen molar-refractivity contribution >= 4 is 23.2 Å². The molecule has 42 heavy (non-hydrogen) atoms. The van der Waals surface area contributed by atoms with Crippen molar-refractivity contribution in [3.63, 3.8) is 0 Å². The maximum atomic E-state index is 13.7. The fourth-order valence-electron chi connectivity index (χ4n) is 5.38. The number of aryl methyl sites for hydroxylation is 1. The van der Waals surface area contributed by atoms with Gasteiger partial charge in [-0.25, -0.2) is 0 Å². The Morgan fingerprint density at radius 2 is 1.81 bits per heavy atom. The summed E-state index contributed by atoms with van der Waals surface area (Å²) in [6.45, 7) is 5.48. The second kappa shape index (κ2) is 13.4. The summed E-state index contributed by atoms with van der Waals surface area (Å²) < 4.78 is 17.1. The van der Waals surface area contributed by atoms with Gasteiger partial charge in [-0.2, -0.15) is 0 Å². The van der Waals surface area contributed by atoms with Crippen LogP contribution in [0.25, 0.3) is 11.1 Å². The van der Waals surface area contributed by atoms with Crippen molar-refractivity contribution in [1.82, 2.24) is 10.3 Å². The fraction of sp³-hybridized carbons (Fsp3) is 0.375. The van der Waals surface area contributed by atoms with E-state index in [1.165, 1.54) is 13.0 Å². The van der Waals surface area contributed by atoms with Gasteiger partial charge in [0.1, 0.15) is 6.04 Å². The van der Waals surface area contributed by atoms with Crippen LogP contribution in [-0.2, 0) is 16.0 Å². The van der Waals surface area contributed by atoms with Gasteiger partial charge in [-0.15, -0.1) is 0 Å². The molecule has 1 aliphatic carbocycles. The van der Waals surface area contributed by atoms with E-state index in [4.69, 9.17) is 14.2 Å². The van der Waals surface area contributed by atoms with Crippen LogP contribution in [0.2, 0.25) is 0 Å². The molecule has 0 saturated carbocycles. The Bertz CT molecular complexity index is 1510. The minimum absolute atomic E-state index is 0.175. The van der Waals surface area contributed by atoms with Crippen LogP contribution in [0.4, 0.5) is 11.4 Å². The maximum Gasteiger partial charge on any atom is 0.246 e. The van der Waals surface area contributed by atoms with Crippen LogP contribution in [0.1, 0.15) is 50.8 Å². The highest BCUT2D eigenvalue weighted by Gasteiger charge is 2.30. The minimum Gasteiger partial charge on any atom is -0.493 e. The number of anilines is 2. The van der Waals surface area contributed by atoms with Gasteiger partial charge in [0, 0.05) is 18.7 Å². The summed E-state index contributed by atoms with van der Waals surface area (Å²) in [6.07, 6.45) is 4.84. The van der Waals surface area contributed by atoms with Gasteiger partial charge in [-0.05, 0) is 72.2 Å². The lowest BCUT2D eigenvalue weighted by Gasteiger charge is -2.20. The molecule has 2 unspecified atom stereocenters. The highest BCUT2D eigenvalue weighted by atomic mass is 16.5. The summed E-state index contributed by atoms with van der Waals surface area (Å²) >= 11 is 0. The van der Waals surface area contributed by atoms with Crippen molar-refractivity contribution in [2.45, 2.75) is 52.1 Å². The smallest absolute Gasteiger partial charge is 0.246 e. The number of carbonyl (C=O) groups excluding carboxylic acids is 2. The summed E-state index contributed by atoms with van der Waals surface area (Å²) in [5, 5.41) is 9.09. The number of benzene rings is 1. The van der Waals surface area contributed by atoms with Crippen LogP contribution in [-0.4, -0.2) is 44.2 Å². The molecule has 222 valence electrons. The monoisotopic (exact) mass is 574 g/mol. The number of hydrogen-bond donors (Lipinski definition) is 3. The lowest BCUT2D eigenvalue weighted by atomic mass is 9.95. The van der Waals surface area contributed by atoms with Crippen LogP contribution in [0.3, 0.4) is 0 Å². The number of amides is 2. The largest absolute Gasteiger partial charge is 0.493 e. The topological polar surface area (TPSA) is 128 Å². The molecule has 3 aromatic rings. The van der Waals surface area contributed by atoms with E-state index in [9.17, 15) is 14.4 Å². The molecule has 0 aliphatic heterocycles. The van der Waals surface area contributed by atoms with Gasteiger partial charge in [-0.3, -0.25) is 19.4 Å². The molecule has 1 aromatic heterocycles. The van der Waals surface area contributed by atoms with Gasteiger partial charge in [0.05, 0.1) is 44.9 Å². The summed E-state index contributed by atoms with van der Waals surface area (Å²) in [7, 11) is 4.66. The van der Waals surface area contributed by atoms with Gasteiger partial charge in [0.15, 0.2) is 11.5 Å². The van der Waals surface area contributed by atoms with Crippen molar-refractivity contribution in [3.8, 4) is 28.4 Å². The van der Waals surface area contributed by atoms with Gasteiger partial charge >= 0.3 is 0 Å². The van der Waals surface area contributed by atoms with Gasteiger partial charge < -0.3 is 30.2 Å². The van der Waals surface area contributed by atoms with E-state index in [0.717, 1.165) is 11.1 Å². The third-order valence-corrected chi connectivity index (χ3v) is 7.20. The molecular weight excluding hydrogens is 536 g/mol. The number of ether oxygens (including phenoxy) is 3. The highest BCUT2D eigenvalue weighted by Crippen LogP contribution is 2.50. The Kier molecular flexibility index (Phi) is 9.67. The zero-order valence-corrected chi connectivity index (χ0v) is 24.9. The van der Waals surface area contributed by atoms with Crippen LogP contribution in [0.5, 0.6) is 17.2 Å². The molecule has 10 heteroatoms. The number of pyridine rings is 1. The fourth-order valence-corrected chi connectivity index (χ4v) is 5.38. The summed E-state index contributed by atoms with van der Waals surface area (Å²) in [6, 6.07) is 9.34. The van der Waals surface area contributed by atoms with Crippen molar-refractivity contribution in [1.29, 1.82) is 0 Å². The van der Waals surface area contributed by atoms with E-state index >= 15 is 0 Å². The predicted octanol–water partition coefficient (Wildman–Crippen LogP) is 4.72. The van der Waals surface area contributed by atoms with Crippen LogP contribution in [0.15, 0.2) is 53.6 Å². The molecule has 2 aromatic carbocycles. The van der Waals surface area contributed by atoms with Gasteiger partial charge in [0.2, 0.25) is 23.0 Å². The summed E-state index contributed by atoms with van der Waals surface area (Å²) in [5.41, 5.74) is 3.57. The second-order valence-electron chi connectivity index (χ2n) is 10.7. The van der Waals surface area contributed by atoms with E-state index < -0.39 is 12.1 Å². The molecular formula is C32H38N4O6. The van der Waals surface area contributed by atoms with Crippen molar-refractivity contribution in [2.24, 2.45) is 5.92 Å². The SMILES string of the molecule is COc1cc2c(c(OC)c1OC)-c1ccc(NC(CC(C)C)C(=O)Nc3cccnc3)c(=O)cc1C(NC(C)=O)CC2. The molecule has 1 aliphatic rings. The molecule has 0 radical (unpaired) electrons. The Balaban J connectivity index is 1.86. The van der Waals surface area contributed by atoms with E-state index in [2.05, 4.69) is 20.9 Å². The zero-order chi connectivity index (χ0) is 30.4. The molecule has 0 fully saturated rings.